The molecule has 13 heteroatoms. The highest BCUT2D eigenvalue weighted by Crippen LogP contribution is 2.44. The van der Waals surface area contributed by atoms with E-state index in [0.717, 1.165) is 25.8 Å². The van der Waals surface area contributed by atoms with Crippen LogP contribution in [0.2, 0.25) is 0 Å². The molecule has 13 nitrogen and oxygen atoms in total. The first-order chi connectivity index (χ1) is 23.1. The molecule has 0 fully saturated rings. The van der Waals surface area contributed by atoms with Crippen LogP contribution in [0.5, 0.6) is 0 Å². The van der Waals surface area contributed by atoms with Gasteiger partial charge in [0, 0.05) is 32.2 Å². The fourth-order valence-corrected chi connectivity index (χ4v) is 5.05. The van der Waals surface area contributed by atoms with Crippen LogP contribution in [0.4, 0.5) is 4.79 Å². The summed E-state index contributed by atoms with van der Waals surface area (Å²) in [6, 6.07) is 16.5. The van der Waals surface area contributed by atoms with Gasteiger partial charge in [0.15, 0.2) is 0 Å². The van der Waals surface area contributed by atoms with Crippen molar-refractivity contribution < 1.29 is 42.7 Å². The van der Waals surface area contributed by atoms with Crippen molar-refractivity contribution in [2.45, 2.75) is 31.2 Å². The van der Waals surface area contributed by atoms with E-state index < -0.39 is 6.09 Å². The predicted octanol–water partition coefficient (Wildman–Crippen LogP) is 2.37. The highest BCUT2D eigenvalue weighted by Gasteiger charge is 2.28. The number of fused-ring (bicyclic) bond motifs is 3. The van der Waals surface area contributed by atoms with Crippen molar-refractivity contribution in [2.75, 3.05) is 99.7 Å². The summed E-state index contributed by atoms with van der Waals surface area (Å²) in [4.78, 5) is 24.1. The van der Waals surface area contributed by atoms with Crippen LogP contribution < -0.4 is 21.7 Å². The van der Waals surface area contributed by atoms with Crippen LogP contribution in [0.25, 0.3) is 11.1 Å². The third-order valence-corrected chi connectivity index (χ3v) is 7.34. The largest absolute Gasteiger partial charge is 0.449 e. The molecule has 1 aliphatic carbocycles. The first kappa shape index (κ1) is 38.3. The van der Waals surface area contributed by atoms with E-state index in [9.17, 15) is 9.59 Å². The number of hydrogen-bond donors (Lipinski definition) is 4. The SMILES string of the molecule is COC[C@@H](N)CCCCNCOCOCCOCCNC(=O)COCCOCCNC(=O)OCC1c2ccccc2-c2ccccc21. The second-order valence-corrected chi connectivity index (χ2v) is 11.0. The zero-order chi connectivity index (χ0) is 33.4. The molecule has 0 radical (unpaired) electrons. The van der Waals surface area contributed by atoms with E-state index in [2.05, 4.69) is 40.2 Å². The van der Waals surface area contributed by atoms with Gasteiger partial charge in [0.25, 0.3) is 0 Å². The number of methoxy groups -OCH3 is 1. The van der Waals surface area contributed by atoms with Gasteiger partial charge in [-0.05, 0) is 41.6 Å². The molecule has 0 saturated carbocycles. The number of carbonyl (C=O) groups excluding carboxylic acids is 2. The minimum absolute atomic E-state index is 0.0169. The molecule has 47 heavy (non-hydrogen) atoms. The molecular weight excluding hydrogens is 608 g/mol. The van der Waals surface area contributed by atoms with E-state index in [1.54, 1.807) is 7.11 Å². The van der Waals surface area contributed by atoms with Gasteiger partial charge < -0.3 is 49.5 Å². The molecular formula is C34H52N4O9. The van der Waals surface area contributed by atoms with Crippen molar-refractivity contribution in [1.82, 2.24) is 16.0 Å². The van der Waals surface area contributed by atoms with Crippen LogP contribution in [-0.2, 0) is 38.0 Å². The lowest BCUT2D eigenvalue weighted by Crippen LogP contribution is -2.31. The molecule has 3 rings (SSSR count). The minimum Gasteiger partial charge on any atom is -0.449 e. The molecule has 0 saturated heterocycles. The van der Waals surface area contributed by atoms with Gasteiger partial charge in [-0.25, -0.2) is 4.79 Å². The van der Waals surface area contributed by atoms with Crippen LogP contribution in [0.15, 0.2) is 48.5 Å². The number of nitrogens with two attached hydrogens (primary N) is 1. The van der Waals surface area contributed by atoms with Gasteiger partial charge in [-0.15, -0.1) is 0 Å². The maximum Gasteiger partial charge on any atom is 0.407 e. The Hall–Kier alpha value is -3.14. The van der Waals surface area contributed by atoms with Crippen LogP contribution in [0.3, 0.4) is 0 Å². The zero-order valence-corrected chi connectivity index (χ0v) is 27.5. The number of carbonyl (C=O) groups is 2. The van der Waals surface area contributed by atoms with E-state index in [0.29, 0.717) is 59.5 Å². The summed E-state index contributed by atoms with van der Waals surface area (Å²) in [5.74, 6) is -0.219. The van der Waals surface area contributed by atoms with Crippen molar-refractivity contribution in [2.24, 2.45) is 5.73 Å². The van der Waals surface area contributed by atoms with Gasteiger partial charge in [-0.3, -0.25) is 10.1 Å². The van der Waals surface area contributed by atoms with Gasteiger partial charge >= 0.3 is 6.09 Å². The summed E-state index contributed by atoms with van der Waals surface area (Å²) in [5, 5.41) is 8.62. The Morgan fingerprint density at radius 2 is 1.40 bits per heavy atom. The maximum absolute atomic E-state index is 12.2. The molecule has 0 bridgehead atoms. The fraction of sp³-hybridized carbons (Fsp3) is 0.588. The van der Waals surface area contributed by atoms with Crippen LogP contribution in [0.1, 0.15) is 36.3 Å². The Kier molecular flexibility index (Phi) is 19.6. The van der Waals surface area contributed by atoms with Crippen molar-refractivity contribution >= 4 is 12.0 Å². The maximum atomic E-state index is 12.2. The lowest BCUT2D eigenvalue weighted by atomic mass is 9.98. The molecule has 0 unspecified atom stereocenters. The molecule has 0 aromatic heterocycles. The number of alkyl carbamates (subject to hydrolysis) is 1. The molecule has 2 amide bonds. The summed E-state index contributed by atoms with van der Waals surface area (Å²) in [6.45, 7) is 4.95. The number of rotatable bonds is 27. The van der Waals surface area contributed by atoms with E-state index in [1.165, 1.54) is 22.3 Å². The van der Waals surface area contributed by atoms with Crippen molar-refractivity contribution in [1.29, 1.82) is 0 Å². The van der Waals surface area contributed by atoms with Gasteiger partial charge in [0.2, 0.25) is 5.91 Å². The highest BCUT2D eigenvalue weighted by molar-refractivity contribution is 5.79. The summed E-state index contributed by atoms with van der Waals surface area (Å²) < 4.78 is 37.4. The third-order valence-electron chi connectivity index (χ3n) is 7.34. The average Bonchev–Trinajstić information content (AvgIpc) is 3.40. The van der Waals surface area contributed by atoms with E-state index >= 15 is 0 Å². The molecule has 1 atom stereocenters. The van der Waals surface area contributed by atoms with Crippen molar-refractivity contribution in [3.63, 3.8) is 0 Å². The summed E-state index contributed by atoms with van der Waals surface area (Å²) >= 11 is 0. The molecule has 262 valence electrons. The van der Waals surface area contributed by atoms with E-state index in [4.69, 9.17) is 38.9 Å². The smallest absolute Gasteiger partial charge is 0.407 e. The topological polar surface area (TPSA) is 161 Å². The lowest BCUT2D eigenvalue weighted by Gasteiger charge is -2.14. The summed E-state index contributed by atoms with van der Waals surface area (Å²) in [5.41, 5.74) is 10.6. The molecule has 2 aromatic rings. The number of unbranched alkanes of at least 4 members (excludes halogenated alkanes) is 1. The Morgan fingerprint density at radius 1 is 0.766 bits per heavy atom. The lowest BCUT2D eigenvalue weighted by molar-refractivity contribution is -0.126. The monoisotopic (exact) mass is 660 g/mol. The van der Waals surface area contributed by atoms with Crippen molar-refractivity contribution in [3.8, 4) is 11.1 Å². The molecule has 5 N–H and O–H groups in total. The van der Waals surface area contributed by atoms with Crippen LogP contribution in [-0.4, -0.2) is 118 Å². The number of nitrogens with one attached hydrogen (secondary N) is 3. The molecule has 0 spiro atoms. The molecule has 2 aromatic carbocycles. The molecule has 0 heterocycles. The van der Waals surface area contributed by atoms with Gasteiger partial charge in [0.1, 0.15) is 20.0 Å². The molecule has 0 aliphatic heterocycles. The van der Waals surface area contributed by atoms with Gasteiger partial charge in [-0.1, -0.05) is 55.0 Å². The third kappa shape index (κ3) is 15.5. The first-order valence-corrected chi connectivity index (χ1v) is 16.3. The second-order valence-electron chi connectivity index (χ2n) is 11.0. The fourth-order valence-electron chi connectivity index (χ4n) is 5.05. The van der Waals surface area contributed by atoms with Crippen molar-refractivity contribution in [3.05, 3.63) is 59.7 Å². The molecule has 1 aliphatic rings. The summed E-state index contributed by atoms with van der Waals surface area (Å²) in [6.07, 6.45) is 2.53. The second kappa shape index (κ2) is 24.1. The van der Waals surface area contributed by atoms with E-state index in [-0.39, 0.29) is 44.5 Å². The number of ether oxygens (including phenoxy) is 7. The Morgan fingerprint density at radius 3 is 2.11 bits per heavy atom. The van der Waals surface area contributed by atoms with Gasteiger partial charge in [0.05, 0.1) is 53.0 Å². The van der Waals surface area contributed by atoms with E-state index in [1.807, 2.05) is 24.3 Å². The average molecular weight is 661 g/mol. The van der Waals surface area contributed by atoms with Crippen LogP contribution >= 0.6 is 0 Å². The number of hydrogen-bond acceptors (Lipinski definition) is 11. The Balaban J connectivity index is 1.04. The van der Waals surface area contributed by atoms with Crippen LogP contribution in [0, 0.1) is 0 Å². The summed E-state index contributed by atoms with van der Waals surface area (Å²) in [7, 11) is 1.66. The highest BCUT2D eigenvalue weighted by atomic mass is 16.7. The first-order valence-electron chi connectivity index (χ1n) is 16.3. The minimum atomic E-state index is -0.486. The number of benzene rings is 2. The normalized spacial score (nSPS) is 12.8. The zero-order valence-electron chi connectivity index (χ0n) is 27.5. The standard InChI is InChI=1S/C34H52N4O9/c1-41-22-27(35)8-6-7-13-36-25-46-26-45-21-19-42-16-14-37-33(39)24-44-20-18-43-17-15-38-34(40)47-23-32-30-11-4-2-9-28(30)29-10-3-5-12-31(29)32/h2-5,9-12,27,32,36H,6-8,13-26,35H2,1H3,(H,37,39)(H,38,40)/t27-/m0/s1. The Labute approximate surface area is 278 Å². The Bertz CT molecular complexity index is 1110. The quantitative estimate of drug-likeness (QED) is 0.0823. The predicted molar refractivity (Wildman–Crippen MR) is 177 cm³/mol. The number of amides is 2. The van der Waals surface area contributed by atoms with Gasteiger partial charge in [-0.2, -0.15) is 0 Å².